The van der Waals surface area contributed by atoms with E-state index in [1.54, 1.807) is 14.2 Å². The summed E-state index contributed by atoms with van der Waals surface area (Å²) in [6.07, 6.45) is 0. The van der Waals surface area contributed by atoms with Gasteiger partial charge in [-0.1, -0.05) is 43.3 Å². The summed E-state index contributed by atoms with van der Waals surface area (Å²) in [7, 11) is 3.16. The summed E-state index contributed by atoms with van der Waals surface area (Å²) in [6.45, 7) is 4.38. The summed E-state index contributed by atoms with van der Waals surface area (Å²) in [5.74, 6) is 1.22. The van der Waals surface area contributed by atoms with E-state index in [0.29, 0.717) is 17.2 Å². The topological polar surface area (TPSA) is 69.5 Å². The van der Waals surface area contributed by atoms with E-state index < -0.39 is 0 Å². The van der Waals surface area contributed by atoms with Crippen LogP contribution in [0, 0.1) is 0 Å². The van der Waals surface area contributed by atoms with Crippen molar-refractivity contribution in [1.82, 2.24) is 0 Å². The number of oxime groups is 1. The molecule has 146 valence electrons. The fourth-order valence-corrected chi connectivity index (χ4v) is 2.89. The third-order valence-electron chi connectivity index (χ3n) is 4.41. The van der Waals surface area contributed by atoms with Crippen molar-refractivity contribution in [2.24, 2.45) is 5.16 Å². The SMILES string of the molecule is COCOc1cccc(C(C)C(=NO)C(C)c2cccc(OCOC)c2)c1. The van der Waals surface area contributed by atoms with Crippen LogP contribution >= 0.6 is 0 Å². The lowest BCUT2D eigenvalue weighted by molar-refractivity contribution is 0.0509. The third-order valence-corrected chi connectivity index (χ3v) is 4.41. The van der Waals surface area contributed by atoms with E-state index in [1.807, 2.05) is 62.4 Å². The van der Waals surface area contributed by atoms with Crippen LogP contribution in [0.4, 0.5) is 0 Å². The maximum absolute atomic E-state index is 9.70. The van der Waals surface area contributed by atoms with E-state index in [4.69, 9.17) is 18.9 Å². The van der Waals surface area contributed by atoms with Crippen LogP contribution in [-0.2, 0) is 9.47 Å². The molecule has 0 aliphatic rings. The van der Waals surface area contributed by atoms with Crippen molar-refractivity contribution in [3.63, 3.8) is 0 Å². The Morgan fingerprint density at radius 2 is 1.30 bits per heavy atom. The van der Waals surface area contributed by atoms with Gasteiger partial charge in [-0.2, -0.15) is 0 Å². The van der Waals surface area contributed by atoms with Gasteiger partial charge in [-0.05, 0) is 35.4 Å². The number of nitrogens with zero attached hydrogens (tertiary/aromatic N) is 1. The predicted molar refractivity (Wildman–Crippen MR) is 104 cm³/mol. The Morgan fingerprint density at radius 1 is 0.852 bits per heavy atom. The molecule has 2 atom stereocenters. The van der Waals surface area contributed by atoms with E-state index in [1.165, 1.54) is 0 Å². The summed E-state index contributed by atoms with van der Waals surface area (Å²) >= 11 is 0. The van der Waals surface area contributed by atoms with E-state index in [-0.39, 0.29) is 25.4 Å². The van der Waals surface area contributed by atoms with E-state index >= 15 is 0 Å². The molecule has 0 saturated carbocycles. The number of ether oxygens (including phenoxy) is 4. The smallest absolute Gasteiger partial charge is 0.188 e. The van der Waals surface area contributed by atoms with Crippen LogP contribution in [0.25, 0.3) is 0 Å². The van der Waals surface area contributed by atoms with Crippen molar-refractivity contribution >= 4 is 5.71 Å². The monoisotopic (exact) mass is 373 g/mol. The first-order valence-electron chi connectivity index (χ1n) is 8.76. The maximum Gasteiger partial charge on any atom is 0.188 e. The Hall–Kier alpha value is -2.57. The standard InChI is InChI=1S/C21H27NO5/c1-15(17-7-5-9-19(11-17)26-13-24-3)21(22-23)16(2)18-8-6-10-20(12-18)27-14-25-4/h5-12,15-16,23H,13-14H2,1-4H3. The minimum Gasteiger partial charge on any atom is -0.468 e. The Bertz CT molecular complexity index is 687. The molecule has 6 nitrogen and oxygen atoms in total. The number of methoxy groups -OCH3 is 2. The lowest BCUT2D eigenvalue weighted by atomic mass is 9.85. The first-order chi connectivity index (χ1) is 13.1. The minimum atomic E-state index is -0.0976. The molecule has 2 unspecified atom stereocenters. The summed E-state index contributed by atoms with van der Waals surface area (Å²) < 4.78 is 20.9. The quantitative estimate of drug-likeness (QED) is 0.289. The Morgan fingerprint density at radius 3 is 1.67 bits per heavy atom. The van der Waals surface area contributed by atoms with Gasteiger partial charge >= 0.3 is 0 Å². The highest BCUT2D eigenvalue weighted by molar-refractivity contribution is 5.95. The first kappa shape index (κ1) is 20.7. The molecule has 2 rings (SSSR count). The van der Waals surface area contributed by atoms with Gasteiger partial charge in [-0.25, -0.2) is 0 Å². The molecule has 0 aromatic heterocycles. The molecule has 1 N–H and O–H groups in total. The molecule has 0 aliphatic carbocycles. The molecule has 27 heavy (non-hydrogen) atoms. The van der Waals surface area contributed by atoms with Crippen LogP contribution in [0.1, 0.15) is 36.8 Å². The lowest BCUT2D eigenvalue weighted by Crippen LogP contribution is -2.17. The van der Waals surface area contributed by atoms with Gasteiger partial charge in [0.1, 0.15) is 11.5 Å². The lowest BCUT2D eigenvalue weighted by Gasteiger charge is -2.21. The number of hydrogen-bond acceptors (Lipinski definition) is 6. The fourth-order valence-electron chi connectivity index (χ4n) is 2.89. The number of benzene rings is 2. The Labute approximate surface area is 160 Å². The molecule has 0 spiro atoms. The van der Waals surface area contributed by atoms with Gasteiger partial charge in [0.15, 0.2) is 13.6 Å². The van der Waals surface area contributed by atoms with Gasteiger partial charge in [-0.15, -0.1) is 0 Å². The third kappa shape index (κ3) is 5.70. The highest BCUT2D eigenvalue weighted by atomic mass is 16.7. The van der Waals surface area contributed by atoms with Crippen molar-refractivity contribution in [1.29, 1.82) is 0 Å². The van der Waals surface area contributed by atoms with Crippen molar-refractivity contribution in [2.75, 3.05) is 27.8 Å². The number of hydrogen-bond donors (Lipinski definition) is 1. The molecule has 0 heterocycles. The van der Waals surface area contributed by atoms with Gasteiger partial charge in [0.25, 0.3) is 0 Å². The van der Waals surface area contributed by atoms with Gasteiger partial charge in [0.2, 0.25) is 0 Å². The second kappa shape index (κ2) is 10.5. The van der Waals surface area contributed by atoms with Crippen LogP contribution in [0.2, 0.25) is 0 Å². The van der Waals surface area contributed by atoms with Crippen molar-refractivity contribution in [3.8, 4) is 11.5 Å². The zero-order chi connectivity index (χ0) is 19.6. The van der Waals surface area contributed by atoms with Crippen molar-refractivity contribution < 1.29 is 24.2 Å². The van der Waals surface area contributed by atoms with Crippen LogP contribution in [-0.4, -0.2) is 38.7 Å². The van der Waals surface area contributed by atoms with E-state index in [2.05, 4.69) is 5.16 Å². The second-order valence-electron chi connectivity index (χ2n) is 6.21. The molecule has 0 bridgehead atoms. The molecule has 2 aromatic rings. The molecule has 0 amide bonds. The minimum absolute atomic E-state index is 0.0976. The van der Waals surface area contributed by atoms with Crippen LogP contribution in [0.5, 0.6) is 11.5 Å². The summed E-state index contributed by atoms with van der Waals surface area (Å²) in [4.78, 5) is 0. The molecule has 0 radical (unpaired) electrons. The highest BCUT2D eigenvalue weighted by Gasteiger charge is 2.22. The van der Waals surface area contributed by atoms with Gasteiger partial charge in [0.05, 0.1) is 5.71 Å². The number of rotatable bonds is 10. The average molecular weight is 373 g/mol. The van der Waals surface area contributed by atoms with E-state index in [9.17, 15) is 5.21 Å². The fraction of sp³-hybridized carbons (Fsp3) is 0.381. The summed E-state index contributed by atoms with van der Waals surface area (Å²) in [5.41, 5.74) is 2.65. The first-order valence-corrected chi connectivity index (χ1v) is 8.76. The van der Waals surface area contributed by atoms with Gasteiger partial charge < -0.3 is 24.2 Å². The Kier molecular flexibility index (Phi) is 8.10. The van der Waals surface area contributed by atoms with Crippen LogP contribution < -0.4 is 9.47 Å². The largest absolute Gasteiger partial charge is 0.468 e. The van der Waals surface area contributed by atoms with Gasteiger partial charge in [0, 0.05) is 26.1 Å². The molecular weight excluding hydrogens is 346 g/mol. The second-order valence-corrected chi connectivity index (χ2v) is 6.21. The molecule has 0 fully saturated rings. The normalized spacial score (nSPS) is 12.9. The van der Waals surface area contributed by atoms with Gasteiger partial charge in [-0.3, -0.25) is 0 Å². The molecule has 0 aliphatic heterocycles. The molecule has 6 heteroatoms. The predicted octanol–water partition coefficient (Wildman–Crippen LogP) is 4.39. The molecule has 2 aromatic carbocycles. The van der Waals surface area contributed by atoms with Crippen molar-refractivity contribution in [2.45, 2.75) is 25.7 Å². The highest BCUT2D eigenvalue weighted by Crippen LogP contribution is 2.30. The Balaban J connectivity index is 2.20. The average Bonchev–Trinajstić information content (AvgIpc) is 2.71. The molecular formula is C21H27NO5. The van der Waals surface area contributed by atoms with Crippen LogP contribution in [0.15, 0.2) is 53.7 Å². The summed E-state index contributed by atoms with van der Waals surface area (Å²) in [6, 6.07) is 15.4. The van der Waals surface area contributed by atoms with Crippen molar-refractivity contribution in [3.05, 3.63) is 59.7 Å². The van der Waals surface area contributed by atoms with E-state index in [0.717, 1.165) is 11.1 Å². The zero-order valence-electron chi connectivity index (χ0n) is 16.2. The summed E-state index contributed by atoms with van der Waals surface area (Å²) in [5, 5.41) is 13.3. The maximum atomic E-state index is 9.70. The van der Waals surface area contributed by atoms with Crippen LogP contribution in [0.3, 0.4) is 0 Å². The molecule has 0 saturated heterocycles. The zero-order valence-corrected chi connectivity index (χ0v) is 16.2.